The van der Waals surface area contributed by atoms with E-state index in [1.807, 2.05) is 6.07 Å². The van der Waals surface area contributed by atoms with Crippen molar-refractivity contribution in [2.45, 2.75) is 38.6 Å². The summed E-state index contributed by atoms with van der Waals surface area (Å²) >= 11 is 5.80. The lowest BCUT2D eigenvalue weighted by atomic mass is 9.86. The highest BCUT2D eigenvalue weighted by Gasteiger charge is 2.24. The number of aliphatic hydroxyl groups is 1. The van der Waals surface area contributed by atoms with Gasteiger partial charge in [-0.05, 0) is 44.4 Å². The van der Waals surface area contributed by atoms with Crippen LogP contribution >= 0.6 is 11.6 Å². The zero-order valence-corrected chi connectivity index (χ0v) is 15.3. The van der Waals surface area contributed by atoms with Crippen molar-refractivity contribution in [3.05, 3.63) is 17.3 Å². The molecule has 1 saturated carbocycles. The van der Waals surface area contributed by atoms with Crippen LogP contribution < -0.4 is 4.90 Å². The second-order valence-electron chi connectivity index (χ2n) is 6.24. The lowest BCUT2D eigenvalue weighted by Gasteiger charge is -2.33. The number of nitrogens with zero attached hydrogens (tertiary/aromatic N) is 4. The molecule has 0 saturated heterocycles. The third-order valence-electron chi connectivity index (χ3n) is 4.70. The van der Waals surface area contributed by atoms with Crippen molar-refractivity contribution in [2.24, 2.45) is 5.92 Å². The highest BCUT2D eigenvalue weighted by Crippen LogP contribution is 2.28. The van der Waals surface area contributed by atoms with Crippen molar-refractivity contribution in [1.29, 1.82) is 0 Å². The van der Waals surface area contributed by atoms with Crippen molar-refractivity contribution in [3.8, 4) is 11.8 Å². The summed E-state index contributed by atoms with van der Waals surface area (Å²) in [7, 11) is 2.07. The van der Waals surface area contributed by atoms with E-state index in [4.69, 9.17) is 16.7 Å². The molecule has 24 heavy (non-hydrogen) atoms. The average Bonchev–Trinajstić information content (AvgIpc) is 2.61. The highest BCUT2D eigenvalue weighted by molar-refractivity contribution is 6.29. The maximum absolute atomic E-state index is 8.99. The number of hydrogen-bond donors (Lipinski definition) is 1. The van der Waals surface area contributed by atoms with Crippen LogP contribution in [0.1, 0.15) is 32.6 Å². The van der Waals surface area contributed by atoms with E-state index < -0.39 is 0 Å². The zero-order chi connectivity index (χ0) is 17.4. The van der Waals surface area contributed by atoms with E-state index in [0.29, 0.717) is 23.7 Å². The van der Waals surface area contributed by atoms with E-state index in [2.05, 4.69) is 45.8 Å². The van der Waals surface area contributed by atoms with Gasteiger partial charge in [0.25, 0.3) is 0 Å². The lowest BCUT2D eigenvalue weighted by Crippen LogP contribution is -2.35. The van der Waals surface area contributed by atoms with Gasteiger partial charge in [-0.2, -0.15) is 0 Å². The Labute approximate surface area is 150 Å². The molecule has 5 nitrogen and oxygen atoms in total. The molecule has 1 aromatic rings. The Hall–Kier alpha value is -1.35. The number of anilines is 1. The zero-order valence-electron chi connectivity index (χ0n) is 14.6. The molecular formula is C18H27ClN4O. The van der Waals surface area contributed by atoms with Crippen LogP contribution in [-0.4, -0.2) is 59.5 Å². The minimum atomic E-state index is 0.195. The second-order valence-corrected chi connectivity index (χ2v) is 6.63. The molecule has 1 heterocycles. The molecule has 1 N–H and O–H groups in total. The minimum Gasteiger partial charge on any atom is -0.395 e. The second kappa shape index (κ2) is 9.83. The van der Waals surface area contributed by atoms with Crippen molar-refractivity contribution in [1.82, 2.24) is 15.1 Å². The third kappa shape index (κ3) is 5.62. The third-order valence-corrected chi connectivity index (χ3v) is 4.90. The molecule has 1 aromatic heterocycles. The van der Waals surface area contributed by atoms with E-state index in [1.54, 1.807) is 6.07 Å². The number of aromatic nitrogens is 2. The van der Waals surface area contributed by atoms with Gasteiger partial charge in [0.15, 0.2) is 11.0 Å². The molecule has 0 aliphatic heterocycles. The SMILES string of the molecule is CCN(CC#C[C@H]1CC[C@H](N(C)c2ccc(Cl)nn2)CC1)CCO. The first-order chi connectivity index (χ1) is 11.6. The smallest absolute Gasteiger partial charge is 0.151 e. The summed E-state index contributed by atoms with van der Waals surface area (Å²) in [6, 6.07) is 4.19. The van der Waals surface area contributed by atoms with Crippen LogP contribution in [0.5, 0.6) is 0 Å². The van der Waals surface area contributed by atoms with Gasteiger partial charge in [-0.25, -0.2) is 0 Å². The lowest BCUT2D eigenvalue weighted by molar-refractivity contribution is 0.216. The molecule has 132 valence electrons. The highest BCUT2D eigenvalue weighted by atomic mass is 35.5. The van der Waals surface area contributed by atoms with Crippen LogP contribution in [0.3, 0.4) is 0 Å². The van der Waals surface area contributed by atoms with Gasteiger partial charge in [0, 0.05) is 25.6 Å². The predicted molar refractivity (Wildman–Crippen MR) is 98.2 cm³/mol. The number of likely N-dealkylation sites (N-methyl/N-ethyl adjacent to an activating group) is 1. The molecule has 0 bridgehead atoms. The summed E-state index contributed by atoms with van der Waals surface area (Å²) in [5, 5.41) is 17.5. The van der Waals surface area contributed by atoms with E-state index in [-0.39, 0.29) is 6.61 Å². The maximum Gasteiger partial charge on any atom is 0.151 e. The van der Waals surface area contributed by atoms with Crippen LogP contribution in [0.15, 0.2) is 12.1 Å². The number of rotatable bonds is 6. The molecule has 6 heteroatoms. The fourth-order valence-electron chi connectivity index (χ4n) is 3.08. The molecule has 0 amide bonds. The van der Waals surface area contributed by atoms with Gasteiger partial charge in [-0.1, -0.05) is 30.4 Å². The van der Waals surface area contributed by atoms with Crippen molar-refractivity contribution < 1.29 is 5.11 Å². The molecule has 1 fully saturated rings. The van der Waals surface area contributed by atoms with Crippen LogP contribution in [0.25, 0.3) is 0 Å². The molecule has 1 aliphatic carbocycles. The summed E-state index contributed by atoms with van der Waals surface area (Å²) in [5.74, 6) is 8.06. The molecule has 0 radical (unpaired) electrons. The Kier molecular flexibility index (Phi) is 7.77. The Morgan fingerprint density at radius 3 is 2.58 bits per heavy atom. The molecular weight excluding hydrogens is 324 g/mol. The Morgan fingerprint density at radius 2 is 2.00 bits per heavy atom. The summed E-state index contributed by atoms with van der Waals surface area (Å²) in [6.45, 7) is 4.66. The van der Waals surface area contributed by atoms with Crippen molar-refractivity contribution in [3.63, 3.8) is 0 Å². The summed E-state index contributed by atoms with van der Waals surface area (Å²) in [6.07, 6.45) is 4.48. The van der Waals surface area contributed by atoms with Crippen LogP contribution in [-0.2, 0) is 0 Å². The van der Waals surface area contributed by atoms with E-state index in [9.17, 15) is 0 Å². The molecule has 0 unspecified atom stereocenters. The van der Waals surface area contributed by atoms with Gasteiger partial charge in [-0.3, -0.25) is 4.90 Å². The first-order valence-corrected chi connectivity index (χ1v) is 9.05. The summed E-state index contributed by atoms with van der Waals surface area (Å²) < 4.78 is 0. The maximum atomic E-state index is 8.99. The molecule has 0 aromatic carbocycles. The normalized spacial score (nSPS) is 20.5. The van der Waals surface area contributed by atoms with Gasteiger partial charge in [0.1, 0.15) is 0 Å². The van der Waals surface area contributed by atoms with Crippen molar-refractivity contribution in [2.75, 3.05) is 38.2 Å². The van der Waals surface area contributed by atoms with Gasteiger partial charge < -0.3 is 10.0 Å². The first-order valence-electron chi connectivity index (χ1n) is 8.67. The average molecular weight is 351 g/mol. The summed E-state index contributed by atoms with van der Waals surface area (Å²) in [4.78, 5) is 4.36. The standard InChI is InChI=1S/C18H27ClN4O/c1-3-23(13-14-24)12-4-5-15-6-8-16(9-7-15)22(2)18-11-10-17(19)20-21-18/h10-11,15-16,24H,3,6-9,12-14H2,1-2H3/t15-,16-. The van der Waals surface area contributed by atoms with Gasteiger partial charge in [0.2, 0.25) is 0 Å². The van der Waals surface area contributed by atoms with Gasteiger partial charge in [-0.15, -0.1) is 10.2 Å². The Morgan fingerprint density at radius 1 is 1.25 bits per heavy atom. The van der Waals surface area contributed by atoms with Gasteiger partial charge in [0.05, 0.1) is 13.2 Å². The molecule has 0 atom stereocenters. The predicted octanol–water partition coefficient (Wildman–Crippen LogP) is 2.44. The number of aliphatic hydroxyl groups excluding tert-OH is 1. The monoisotopic (exact) mass is 350 g/mol. The largest absolute Gasteiger partial charge is 0.395 e. The Balaban J connectivity index is 1.80. The van der Waals surface area contributed by atoms with Crippen LogP contribution in [0.4, 0.5) is 5.82 Å². The fourth-order valence-corrected chi connectivity index (χ4v) is 3.18. The Bertz CT molecular complexity index is 546. The first kappa shape index (κ1) is 19.0. The van der Waals surface area contributed by atoms with E-state index in [0.717, 1.165) is 44.6 Å². The summed E-state index contributed by atoms with van der Waals surface area (Å²) in [5.41, 5.74) is 0. The van der Waals surface area contributed by atoms with Crippen molar-refractivity contribution >= 4 is 17.4 Å². The topological polar surface area (TPSA) is 52.5 Å². The van der Waals surface area contributed by atoms with Crippen LogP contribution in [0.2, 0.25) is 5.15 Å². The van der Waals surface area contributed by atoms with Gasteiger partial charge >= 0.3 is 0 Å². The molecule has 1 aliphatic rings. The molecule has 0 spiro atoms. The van der Waals surface area contributed by atoms with E-state index >= 15 is 0 Å². The number of hydrogen-bond acceptors (Lipinski definition) is 5. The fraction of sp³-hybridized carbons (Fsp3) is 0.667. The van der Waals surface area contributed by atoms with E-state index in [1.165, 1.54) is 0 Å². The van der Waals surface area contributed by atoms with Crippen LogP contribution in [0, 0.1) is 17.8 Å². The molecule has 2 rings (SSSR count). The minimum absolute atomic E-state index is 0.195. The number of halogens is 1. The quantitative estimate of drug-likeness (QED) is 0.799.